The van der Waals surface area contributed by atoms with Gasteiger partial charge in [-0.15, -0.1) is 11.3 Å². The van der Waals surface area contributed by atoms with Crippen LogP contribution >= 0.6 is 11.3 Å². The molecule has 0 bridgehead atoms. The third-order valence-corrected chi connectivity index (χ3v) is 4.61. The van der Waals surface area contributed by atoms with Gasteiger partial charge >= 0.3 is 0 Å². The lowest BCUT2D eigenvalue weighted by Gasteiger charge is -2.18. The second-order valence-electron chi connectivity index (χ2n) is 4.97. The van der Waals surface area contributed by atoms with E-state index in [1.165, 1.54) is 22.1 Å². The first-order valence-corrected chi connectivity index (χ1v) is 8.44. The average molecular weight is 283 g/mol. The van der Waals surface area contributed by atoms with Crippen LogP contribution in [0.3, 0.4) is 0 Å². The van der Waals surface area contributed by atoms with Gasteiger partial charge in [-0.25, -0.2) is 4.98 Å². The van der Waals surface area contributed by atoms with Gasteiger partial charge in [0.2, 0.25) is 0 Å². The summed E-state index contributed by atoms with van der Waals surface area (Å²) >= 11 is 1.87. The zero-order valence-electron chi connectivity index (χ0n) is 13.1. The molecule has 0 saturated carbocycles. The molecule has 0 aliphatic heterocycles. The highest BCUT2D eigenvalue weighted by molar-refractivity contribution is 7.15. The number of aromatic nitrogens is 1. The molecule has 19 heavy (non-hydrogen) atoms. The fraction of sp³-hybridized carbons (Fsp3) is 0.800. The second-order valence-corrected chi connectivity index (χ2v) is 6.04. The summed E-state index contributed by atoms with van der Waals surface area (Å²) in [5.74, 6) is 0.555. The highest BCUT2D eigenvalue weighted by Crippen LogP contribution is 2.32. The van der Waals surface area contributed by atoms with Crippen LogP contribution in [-0.4, -0.2) is 24.6 Å². The van der Waals surface area contributed by atoms with Crippen LogP contribution < -0.4 is 10.2 Å². The number of hydrogen-bond donors (Lipinski definition) is 1. The Hall–Kier alpha value is -0.610. The Bertz CT molecular complexity index is 362. The molecule has 0 amide bonds. The second kappa shape index (κ2) is 8.54. The molecule has 1 aromatic rings. The molecule has 0 spiro atoms. The summed E-state index contributed by atoms with van der Waals surface area (Å²) in [6.07, 6.45) is 2.33. The van der Waals surface area contributed by atoms with E-state index in [-0.39, 0.29) is 0 Å². The van der Waals surface area contributed by atoms with Crippen LogP contribution in [0.4, 0.5) is 5.13 Å². The molecular weight excluding hydrogens is 254 g/mol. The molecule has 0 saturated heterocycles. The van der Waals surface area contributed by atoms with E-state index in [2.05, 4.69) is 44.8 Å². The van der Waals surface area contributed by atoms with Crippen molar-refractivity contribution in [3.05, 3.63) is 10.6 Å². The number of nitrogens with one attached hydrogen (secondary N) is 1. The Morgan fingerprint density at radius 3 is 2.53 bits per heavy atom. The fourth-order valence-corrected chi connectivity index (χ4v) is 3.33. The number of rotatable bonds is 9. The molecule has 0 fully saturated rings. The number of hydrogen-bond acceptors (Lipinski definition) is 4. The molecule has 4 heteroatoms. The van der Waals surface area contributed by atoms with Crippen molar-refractivity contribution in [1.29, 1.82) is 0 Å². The maximum atomic E-state index is 4.93. The van der Waals surface area contributed by atoms with E-state index in [4.69, 9.17) is 4.98 Å². The van der Waals surface area contributed by atoms with Crippen LogP contribution in [0.15, 0.2) is 0 Å². The van der Waals surface area contributed by atoms with E-state index in [1.807, 2.05) is 11.3 Å². The van der Waals surface area contributed by atoms with Gasteiger partial charge in [0.1, 0.15) is 0 Å². The van der Waals surface area contributed by atoms with Gasteiger partial charge < -0.3 is 10.2 Å². The molecule has 1 unspecified atom stereocenters. The normalized spacial score (nSPS) is 12.7. The summed E-state index contributed by atoms with van der Waals surface area (Å²) in [5.41, 5.74) is 1.30. The van der Waals surface area contributed by atoms with Gasteiger partial charge in [-0.2, -0.15) is 0 Å². The smallest absolute Gasteiger partial charge is 0.185 e. The van der Waals surface area contributed by atoms with Crippen molar-refractivity contribution >= 4 is 16.5 Å². The predicted molar refractivity (Wildman–Crippen MR) is 86.4 cm³/mol. The molecule has 1 atom stereocenters. The fourth-order valence-electron chi connectivity index (χ4n) is 2.09. The zero-order chi connectivity index (χ0) is 14.3. The first kappa shape index (κ1) is 16.4. The summed E-state index contributed by atoms with van der Waals surface area (Å²) in [6, 6.07) is 0. The standard InChI is InChI=1S/C15H29N3S/c1-6-10-18(9-4)15-17-14(12(5)7-2)13(19-15)11-16-8-3/h12,16H,6-11H2,1-5H3. The number of anilines is 1. The van der Waals surface area contributed by atoms with Gasteiger partial charge in [0.05, 0.1) is 5.69 Å². The maximum Gasteiger partial charge on any atom is 0.185 e. The number of thiazole rings is 1. The van der Waals surface area contributed by atoms with Crippen LogP contribution in [0, 0.1) is 0 Å². The largest absolute Gasteiger partial charge is 0.348 e. The van der Waals surface area contributed by atoms with Crippen LogP contribution in [0.1, 0.15) is 63.9 Å². The topological polar surface area (TPSA) is 28.2 Å². The van der Waals surface area contributed by atoms with Crippen molar-refractivity contribution in [2.75, 3.05) is 24.5 Å². The molecule has 0 aliphatic carbocycles. The summed E-state index contributed by atoms with van der Waals surface area (Å²) in [4.78, 5) is 8.74. The van der Waals surface area contributed by atoms with Gasteiger partial charge in [-0.05, 0) is 32.2 Å². The summed E-state index contributed by atoms with van der Waals surface area (Å²) in [5, 5.41) is 4.64. The Morgan fingerprint density at radius 2 is 2.00 bits per heavy atom. The lowest BCUT2D eigenvalue weighted by Crippen LogP contribution is -2.23. The van der Waals surface area contributed by atoms with Gasteiger partial charge in [-0.3, -0.25) is 0 Å². The van der Waals surface area contributed by atoms with Crippen molar-refractivity contribution in [3.63, 3.8) is 0 Å². The van der Waals surface area contributed by atoms with E-state index < -0.39 is 0 Å². The minimum absolute atomic E-state index is 0.555. The minimum atomic E-state index is 0.555. The molecule has 1 N–H and O–H groups in total. The minimum Gasteiger partial charge on any atom is -0.348 e. The molecule has 0 aromatic carbocycles. The third kappa shape index (κ3) is 4.46. The maximum absolute atomic E-state index is 4.93. The lowest BCUT2D eigenvalue weighted by atomic mass is 10.0. The molecule has 0 aliphatic rings. The van der Waals surface area contributed by atoms with Gasteiger partial charge in [0, 0.05) is 24.5 Å². The van der Waals surface area contributed by atoms with E-state index >= 15 is 0 Å². The third-order valence-electron chi connectivity index (χ3n) is 3.48. The van der Waals surface area contributed by atoms with E-state index in [1.54, 1.807) is 0 Å². The first-order chi connectivity index (χ1) is 9.17. The zero-order valence-corrected chi connectivity index (χ0v) is 13.9. The highest BCUT2D eigenvalue weighted by Gasteiger charge is 2.18. The van der Waals surface area contributed by atoms with E-state index in [0.29, 0.717) is 5.92 Å². The van der Waals surface area contributed by atoms with Crippen molar-refractivity contribution in [3.8, 4) is 0 Å². The van der Waals surface area contributed by atoms with Crippen molar-refractivity contribution < 1.29 is 0 Å². The molecule has 1 aromatic heterocycles. The SMILES string of the molecule is CCCN(CC)c1nc(C(C)CC)c(CNCC)s1. The molecule has 1 rings (SSSR count). The van der Waals surface area contributed by atoms with E-state index in [0.717, 1.165) is 32.6 Å². The van der Waals surface area contributed by atoms with Crippen molar-refractivity contribution in [2.24, 2.45) is 0 Å². The summed E-state index contributed by atoms with van der Waals surface area (Å²) in [6.45, 7) is 15.2. The Balaban J connectivity index is 2.97. The molecule has 110 valence electrons. The van der Waals surface area contributed by atoms with Crippen LogP contribution in [-0.2, 0) is 6.54 Å². The molecule has 0 radical (unpaired) electrons. The van der Waals surface area contributed by atoms with Crippen LogP contribution in [0.5, 0.6) is 0 Å². The predicted octanol–water partition coefficient (Wildman–Crippen LogP) is 4.00. The van der Waals surface area contributed by atoms with Crippen molar-refractivity contribution in [2.45, 2.75) is 59.9 Å². The van der Waals surface area contributed by atoms with Gasteiger partial charge in [-0.1, -0.05) is 27.7 Å². The first-order valence-electron chi connectivity index (χ1n) is 7.62. The average Bonchev–Trinajstić information content (AvgIpc) is 2.85. The lowest BCUT2D eigenvalue weighted by molar-refractivity contribution is 0.676. The molecule has 1 heterocycles. The number of nitrogens with zero attached hydrogens (tertiary/aromatic N) is 2. The summed E-state index contributed by atoms with van der Waals surface area (Å²) < 4.78 is 0. The quantitative estimate of drug-likeness (QED) is 0.742. The highest BCUT2D eigenvalue weighted by atomic mass is 32.1. The van der Waals surface area contributed by atoms with Gasteiger partial charge in [0.15, 0.2) is 5.13 Å². The molecule has 3 nitrogen and oxygen atoms in total. The van der Waals surface area contributed by atoms with Gasteiger partial charge in [0.25, 0.3) is 0 Å². The van der Waals surface area contributed by atoms with Crippen LogP contribution in [0.25, 0.3) is 0 Å². The van der Waals surface area contributed by atoms with Crippen LogP contribution in [0.2, 0.25) is 0 Å². The Labute approximate surface area is 122 Å². The van der Waals surface area contributed by atoms with E-state index in [9.17, 15) is 0 Å². The Kier molecular flexibility index (Phi) is 7.39. The molecular formula is C15H29N3S. The monoisotopic (exact) mass is 283 g/mol. The summed E-state index contributed by atoms with van der Waals surface area (Å²) in [7, 11) is 0. The van der Waals surface area contributed by atoms with Crippen molar-refractivity contribution in [1.82, 2.24) is 10.3 Å². The Morgan fingerprint density at radius 1 is 1.26 bits per heavy atom.